The molecule has 2 aliphatic carbocycles. The molecule has 0 aromatic heterocycles. The van der Waals surface area contributed by atoms with Crippen LogP contribution in [0.4, 0.5) is 0 Å². The Bertz CT molecular complexity index is 1580. The Morgan fingerprint density at radius 3 is 1.47 bits per heavy atom. The first-order chi connectivity index (χ1) is 28.3. The molecule has 5 rings (SSSR count). The number of ether oxygens (including phenoxy) is 11. The Balaban J connectivity index is 0.000000247. The highest BCUT2D eigenvalue weighted by Gasteiger charge is 2.69. The summed E-state index contributed by atoms with van der Waals surface area (Å²) in [4.78, 5) is 90.4. The van der Waals surface area contributed by atoms with Gasteiger partial charge in [0.25, 0.3) is 0 Å². The van der Waals surface area contributed by atoms with E-state index in [4.69, 9.17) is 57.2 Å². The summed E-state index contributed by atoms with van der Waals surface area (Å²) in [6, 6.07) is 0. The molecule has 22 nitrogen and oxygen atoms in total. The third-order valence-corrected chi connectivity index (χ3v) is 9.49. The number of hydrogen-bond donors (Lipinski definition) is 3. The molecule has 15 atom stereocenters. The van der Waals surface area contributed by atoms with Gasteiger partial charge in [-0.15, -0.1) is 0 Å². The summed E-state index contributed by atoms with van der Waals surface area (Å²) in [6.07, 6.45) is -6.27. The predicted octanol–water partition coefficient (Wildman–Crippen LogP) is -1.41. The number of rotatable bonds is 13. The Morgan fingerprint density at radius 2 is 0.983 bits per heavy atom. The van der Waals surface area contributed by atoms with Gasteiger partial charge in [-0.05, 0) is 19.9 Å². The molecule has 0 bridgehead atoms. The van der Waals surface area contributed by atoms with Crippen molar-refractivity contribution < 1.29 is 106 Å². The lowest BCUT2D eigenvalue weighted by molar-refractivity contribution is -0.202. The van der Waals surface area contributed by atoms with Gasteiger partial charge < -0.3 is 67.4 Å². The summed E-state index contributed by atoms with van der Waals surface area (Å²) in [6.45, 7) is 10.6. The lowest BCUT2D eigenvalue weighted by atomic mass is 10.00. The fourth-order valence-electron chi connectivity index (χ4n) is 7.00. The highest BCUT2D eigenvalue weighted by atomic mass is 16.6. The second-order valence-electron chi connectivity index (χ2n) is 14.1. The Hall–Kier alpha value is -4.90. The second-order valence-corrected chi connectivity index (χ2v) is 14.1. The van der Waals surface area contributed by atoms with E-state index >= 15 is 0 Å². The molecule has 0 amide bonds. The molecular formula is C38H54O22. The maximum absolute atomic E-state index is 12.1. The summed E-state index contributed by atoms with van der Waals surface area (Å²) in [5.74, 6) is -6.16. The monoisotopic (exact) mass is 862 g/mol. The maximum Gasteiger partial charge on any atom is 0.312 e. The number of carbonyl (C=O) groups is 8. The summed E-state index contributed by atoms with van der Waals surface area (Å²) >= 11 is 0. The average Bonchev–Trinajstić information content (AvgIpc) is 4.07. The van der Waals surface area contributed by atoms with Gasteiger partial charge in [0.05, 0.1) is 56.2 Å². The lowest BCUT2D eigenvalue weighted by Crippen LogP contribution is -2.51. The van der Waals surface area contributed by atoms with Gasteiger partial charge in [-0.2, -0.15) is 0 Å². The minimum Gasteiger partial charge on any atom is -0.491 e. The third kappa shape index (κ3) is 13.6. The molecule has 2 saturated heterocycles. The van der Waals surface area contributed by atoms with Crippen molar-refractivity contribution in [2.24, 2.45) is 23.7 Å². The summed E-state index contributed by atoms with van der Waals surface area (Å²) in [5, 5.41) is 28.2. The van der Waals surface area contributed by atoms with Crippen LogP contribution in [0, 0.1) is 23.7 Å². The molecule has 22 heteroatoms. The zero-order valence-corrected chi connectivity index (χ0v) is 34.4. The average molecular weight is 863 g/mol. The van der Waals surface area contributed by atoms with Gasteiger partial charge in [-0.25, -0.2) is 0 Å². The standard InChI is InChI=1S/C16H22O9.C12H16O7.C10H16O6/c1-5-21-16(20)12-11-14(12)25-10(6-22-7(2)17)13(23-8(3)18)15(11)24-9(4)19;1-7(13)17-6-11-12(19-9(3)15)10(4-5-16-11)18-8(2)14;1-2-15-10(14)6-5-8(13)7(12)4(3-11)16-9(5)6/h10-15H,5-6H2,1-4H3;4-5,10-12H,6H2,1-3H3;4-9,11-13H,2-3H2,1H3/t10-,11+,12+,13-,14+,15-;10-,11-,12+;4-,5-,6+,7-,8-,9+/m111/s1. The highest BCUT2D eigenvalue weighted by molar-refractivity contribution is 5.78. The van der Waals surface area contributed by atoms with Crippen molar-refractivity contribution in [3.8, 4) is 0 Å². The van der Waals surface area contributed by atoms with E-state index < -0.39 is 139 Å². The quantitative estimate of drug-likeness (QED) is 0.142. The van der Waals surface area contributed by atoms with Crippen LogP contribution in [0.5, 0.6) is 0 Å². The highest BCUT2D eigenvalue weighted by Crippen LogP contribution is 2.52. The van der Waals surface area contributed by atoms with Gasteiger partial charge in [-0.3, -0.25) is 38.4 Å². The van der Waals surface area contributed by atoms with Crippen LogP contribution in [-0.2, 0) is 90.5 Å². The van der Waals surface area contributed by atoms with E-state index in [1.165, 1.54) is 53.9 Å². The molecule has 3 N–H and O–H groups in total. The minimum absolute atomic E-state index is 0.102. The van der Waals surface area contributed by atoms with Crippen LogP contribution in [0.2, 0.25) is 0 Å². The Kier molecular flexibility index (Phi) is 18.7. The fourth-order valence-corrected chi connectivity index (χ4v) is 7.00. The van der Waals surface area contributed by atoms with Gasteiger partial charge in [0, 0.05) is 53.4 Å². The van der Waals surface area contributed by atoms with E-state index in [-0.39, 0.29) is 33.0 Å². The third-order valence-electron chi connectivity index (χ3n) is 9.49. The predicted molar refractivity (Wildman–Crippen MR) is 193 cm³/mol. The van der Waals surface area contributed by atoms with Crippen LogP contribution in [-0.4, -0.2) is 163 Å². The molecule has 3 aliphatic heterocycles. The van der Waals surface area contributed by atoms with Crippen LogP contribution in [0.3, 0.4) is 0 Å². The first-order valence-corrected chi connectivity index (χ1v) is 19.2. The molecule has 4 fully saturated rings. The van der Waals surface area contributed by atoms with Crippen molar-refractivity contribution in [3.63, 3.8) is 0 Å². The van der Waals surface area contributed by atoms with Crippen molar-refractivity contribution in [2.45, 2.75) is 123 Å². The van der Waals surface area contributed by atoms with Crippen molar-refractivity contribution in [1.29, 1.82) is 0 Å². The molecular weight excluding hydrogens is 808 g/mol. The number of esters is 8. The number of hydrogen-bond acceptors (Lipinski definition) is 22. The van der Waals surface area contributed by atoms with Crippen molar-refractivity contribution in [1.82, 2.24) is 0 Å². The Morgan fingerprint density at radius 1 is 0.533 bits per heavy atom. The van der Waals surface area contributed by atoms with Gasteiger partial charge in [-0.1, -0.05) is 0 Å². The molecule has 0 unspecified atom stereocenters. The van der Waals surface area contributed by atoms with Gasteiger partial charge in [0.1, 0.15) is 37.6 Å². The van der Waals surface area contributed by atoms with Crippen LogP contribution in [0.1, 0.15) is 55.4 Å². The van der Waals surface area contributed by atoms with Crippen LogP contribution >= 0.6 is 0 Å². The molecule has 60 heavy (non-hydrogen) atoms. The molecule has 338 valence electrons. The van der Waals surface area contributed by atoms with E-state index in [0.717, 1.165) is 0 Å². The van der Waals surface area contributed by atoms with E-state index in [2.05, 4.69) is 0 Å². The molecule has 3 heterocycles. The topological polar surface area (TPSA) is 299 Å². The Labute approximate surface area is 344 Å². The van der Waals surface area contributed by atoms with Gasteiger partial charge >= 0.3 is 47.8 Å². The van der Waals surface area contributed by atoms with Gasteiger partial charge in [0.2, 0.25) is 0 Å². The lowest BCUT2D eigenvalue weighted by Gasteiger charge is -2.35. The zero-order chi connectivity index (χ0) is 45.0. The van der Waals surface area contributed by atoms with Gasteiger partial charge in [0.15, 0.2) is 24.4 Å². The van der Waals surface area contributed by atoms with Crippen LogP contribution < -0.4 is 0 Å². The van der Waals surface area contributed by atoms with Crippen LogP contribution in [0.15, 0.2) is 12.3 Å². The van der Waals surface area contributed by atoms with Crippen molar-refractivity contribution in [3.05, 3.63) is 12.3 Å². The normalized spacial score (nSPS) is 33.9. The molecule has 0 spiro atoms. The smallest absolute Gasteiger partial charge is 0.312 e. The van der Waals surface area contributed by atoms with E-state index in [1.54, 1.807) is 13.8 Å². The number of fused-ring (bicyclic) bond motifs is 2. The molecule has 5 aliphatic rings. The SMILES string of the molecule is CC(=O)OC[C@H]1OC=C[C@@H](OC(C)=O)[C@@H]1OC(C)=O.CCOC(=O)[C@@H]1[C@H]2O[C@H](CO)[C@@H](O)[C@H](O)[C@H]21.CCOC(=O)[C@@H]1[C@H]2O[C@H](COC(C)=O)[C@@H](OC(C)=O)[C@H](OC(C)=O)[C@H]21. The minimum atomic E-state index is -1.15. The summed E-state index contributed by atoms with van der Waals surface area (Å²) in [7, 11) is 0. The number of carbonyl (C=O) groups excluding carboxylic acids is 8. The first kappa shape index (κ1) is 49.5. The largest absolute Gasteiger partial charge is 0.491 e. The van der Waals surface area contributed by atoms with E-state index in [1.807, 2.05) is 0 Å². The van der Waals surface area contributed by atoms with Crippen LogP contribution in [0.25, 0.3) is 0 Å². The first-order valence-electron chi connectivity index (χ1n) is 19.2. The summed E-state index contributed by atoms with van der Waals surface area (Å²) in [5.41, 5.74) is 0. The van der Waals surface area contributed by atoms with Crippen molar-refractivity contribution in [2.75, 3.05) is 33.0 Å². The van der Waals surface area contributed by atoms with E-state index in [9.17, 15) is 48.6 Å². The fraction of sp³-hybridized carbons (Fsp3) is 0.737. The summed E-state index contributed by atoms with van der Waals surface area (Å²) < 4.78 is 56.6. The van der Waals surface area contributed by atoms with E-state index in [0.29, 0.717) is 0 Å². The number of aliphatic hydroxyl groups excluding tert-OH is 3. The molecule has 0 aromatic carbocycles. The second kappa shape index (κ2) is 22.6. The van der Waals surface area contributed by atoms with Crippen molar-refractivity contribution >= 4 is 47.8 Å². The molecule has 0 aromatic rings. The zero-order valence-electron chi connectivity index (χ0n) is 34.4. The molecule has 2 saturated carbocycles. The number of aliphatic hydroxyl groups is 3. The molecule has 0 radical (unpaired) electrons. The maximum atomic E-state index is 12.1.